The van der Waals surface area contributed by atoms with Crippen molar-refractivity contribution in [2.75, 3.05) is 0 Å². The molecule has 0 aromatic heterocycles. The van der Waals surface area contributed by atoms with Gasteiger partial charge in [-0.2, -0.15) is 0 Å². The summed E-state index contributed by atoms with van der Waals surface area (Å²) in [5.41, 5.74) is 0. The van der Waals surface area contributed by atoms with Crippen molar-refractivity contribution in [2.24, 2.45) is 0 Å². The molecule has 0 aromatic carbocycles. The van der Waals surface area contributed by atoms with E-state index in [0.717, 1.165) is 0 Å². The van der Waals surface area contributed by atoms with E-state index >= 15 is 0 Å². The molecule has 0 atom stereocenters. The molecule has 0 unspecified atom stereocenters. The fraction of sp³-hybridized carbons (Fsp3) is 0. The summed E-state index contributed by atoms with van der Waals surface area (Å²) in [5, 5.41) is 0. The van der Waals surface area contributed by atoms with E-state index in [1.165, 1.54) is 0 Å². The quantitative estimate of drug-likeness (QED) is 0.249. The van der Waals surface area contributed by atoms with Gasteiger partial charge in [0, 0.05) is 0 Å². The smallest absolute Gasteiger partial charge is 2.00 e. The molecule has 0 aliphatic rings. The van der Waals surface area contributed by atoms with Crippen molar-refractivity contribution in [3.63, 3.8) is 0 Å². The minimum Gasteiger partial charge on any atom is -2.00 e. The summed E-state index contributed by atoms with van der Waals surface area (Å²) in [7, 11) is 0. The van der Waals surface area contributed by atoms with E-state index < -0.39 is 0 Å². The van der Waals surface area contributed by atoms with Crippen LogP contribution < -0.4 is 0 Å². The first-order valence-electron chi connectivity index (χ1n) is 0. The molecule has 0 amide bonds. The van der Waals surface area contributed by atoms with E-state index in [4.69, 9.17) is 0 Å². The van der Waals surface area contributed by atoms with Gasteiger partial charge in [0.1, 0.15) is 0 Å². The van der Waals surface area contributed by atoms with Crippen LogP contribution in [0.15, 0.2) is 0 Å². The topological polar surface area (TPSA) is 142 Å². The molecule has 0 N–H and O–H groups in total. The van der Waals surface area contributed by atoms with E-state index in [1.54, 1.807) is 0 Å². The Morgan fingerprint density at radius 1 is 0.462 bits per heavy atom. The molecular formula is H8Bi2Ca2Cu2O5Sr2. The normalized spacial score (nSPS) is 0. The van der Waals surface area contributed by atoms with E-state index in [2.05, 4.69) is 0 Å². The van der Waals surface area contributed by atoms with Crippen LogP contribution in [-0.2, 0) is 61.5 Å². The second-order valence-electron chi connectivity index (χ2n) is 0. The van der Waals surface area contributed by atoms with Gasteiger partial charge in [0.15, 0.2) is 0 Å². The van der Waals surface area contributed by atoms with Crippen molar-refractivity contribution in [2.45, 2.75) is 0 Å². The van der Waals surface area contributed by atoms with Gasteiger partial charge in [0.25, 0.3) is 0 Å². The van der Waals surface area contributed by atoms with Crippen LogP contribution in [0.25, 0.3) is 0 Å². The summed E-state index contributed by atoms with van der Waals surface area (Å²) in [4.78, 5) is 0. The van der Waals surface area contributed by atoms with Crippen LogP contribution in [0.3, 0.4) is 0 Å². The molecule has 0 heterocycles. The van der Waals surface area contributed by atoms with Crippen LogP contribution in [0.5, 0.6) is 0 Å². The summed E-state index contributed by atoms with van der Waals surface area (Å²) in [6.45, 7) is 0. The first-order chi connectivity index (χ1) is 0. The monoisotopic (exact) mass is 888 g/mol. The summed E-state index contributed by atoms with van der Waals surface area (Å²) in [6.07, 6.45) is 0. The Morgan fingerprint density at radius 3 is 0.462 bits per heavy atom. The first kappa shape index (κ1) is 130. The van der Waals surface area contributed by atoms with Crippen molar-refractivity contribution >= 4 is 219 Å². The van der Waals surface area contributed by atoms with E-state index in [0.29, 0.717) is 0 Å². The predicted molar refractivity (Wildman–Crippen MR) is 46.9 cm³/mol. The summed E-state index contributed by atoms with van der Waals surface area (Å²) in [5.74, 6) is 0. The van der Waals surface area contributed by atoms with Crippen LogP contribution in [-0.4, -0.2) is 219 Å². The van der Waals surface area contributed by atoms with Crippen LogP contribution in [0.2, 0.25) is 0 Å². The van der Waals surface area contributed by atoms with Crippen molar-refractivity contribution in [1.82, 2.24) is 0 Å². The molecule has 0 aliphatic carbocycles. The largest absolute Gasteiger partial charge is 3.00 e. The molecule has 13 heavy (non-hydrogen) atoms. The van der Waals surface area contributed by atoms with Crippen molar-refractivity contribution < 1.29 is 72.9 Å². The maximum absolute atomic E-state index is 0. The van der Waals surface area contributed by atoms with Crippen molar-refractivity contribution in [1.29, 1.82) is 0 Å². The average molecular weight is 889 g/mol. The fourth-order valence-electron chi connectivity index (χ4n) is 0. The van der Waals surface area contributed by atoms with Crippen LogP contribution in [0.4, 0.5) is 0 Å². The van der Waals surface area contributed by atoms with Gasteiger partial charge in [-0.15, -0.1) is 0 Å². The Morgan fingerprint density at radius 2 is 0.462 bits per heavy atom. The molecule has 78 valence electrons. The van der Waals surface area contributed by atoms with Gasteiger partial charge in [-0.05, 0) is 0 Å². The molecule has 0 fully saturated rings. The van der Waals surface area contributed by atoms with Gasteiger partial charge in [0.2, 0.25) is 0 Å². The third-order valence-electron chi connectivity index (χ3n) is 0. The maximum atomic E-state index is 0. The average Bonchev–Trinajstić information content (AvgIpc) is 0. The van der Waals surface area contributed by atoms with Gasteiger partial charge in [0.05, 0.1) is 0 Å². The van der Waals surface area contributed by atoms with Crippen molar-refractivity contribution in [3.05, 3.63) is 0 Å². The van der Waals surface area contributed by atoms with Gasteiger partial charge >= 0.3 is 253 Å². The zero-order chi connectivity index (χ0) is 0. The molecule has 0 aliphatic heterocycles. The molecule has 0 rings (SSSR count). The number of rotatable bonds is 0. The maximum Gasteiger partial charge on any atom is 3.00 e. The van der Waals surface area contributed by atoms with Crippen LogP contribution in [0.1, 0.15) is 11.4 Å². The molecule has 0 spiro atoms. The Kier molecular flexibility index (Phi) is 1120. The number of hydrogen-bond donors (Lipinski definition) is 0. The minimum absolute atomic E-state index is 0. The molecular weight excluding hydrogens is 880 g/mol. The van der Waals surface area contributed by atoms with Crippen molar-refractivity contribution in [3.8, 4) is 0 Å². The SMILES string of the molecule is [Bi+3].[Bi+3].[Ca+2].[Ca+2].[Cu+2].[Cu+2].[H-].[H-].[H-].[H-].[H-].[H-].[H-].[H-].[O-2].[O-2].[O-2].[O-2].[O-2].[Sr+2].[Sr+2]. The van der Waals surface area contributed by atoms with E-state index in [-0.39, 0.29) is 292 Å². The Labute approximate surface area is 283 Å². The van der Waals surface area contributed by atoms with Gasteiger partial charge in [-0.1, -0.05) is 0 Å². The van der Waals surface area contributed by atoms with Crippen LogP contribution >= 0.6 is 0 Å². The van der Waals surface area contributed by atoms with Crippen LogP contribution in [0, 0.1) is 0 Å². The summed E-state index contributed by atoms with van der Waals surface area (Å²) < 4.78 is 0. The number of hydrogen-bond acceptors (Lipinski definition) is 0. The van der Waals surface area contributed by atoms with Gasteiger partial charge in [-0.3, -0.25) is 0 Å². The molecule has 6 radical (unpaired) electrons. The molecule has 13 heteroatoms. The zero-order valence-electron chi connectivity index (χ0n) is 14.4. The molecule has 0 saturated heterocycles. The molecule has 0 aromatic rings. The second kappa shape index (κ2) is 112. The third-order valence-corrected chi connectivity index (χ3v) is 0. The molecule has 0 saturated carbocycles. The van der Waals surface area contributed by atoms with E-state index in [9.17, 15) is 0 Å². The van der Waals surface area contributed by atoms with Gasteiger partial charge < -0.3 is 38.8 Å². The second-order valence-corrected chi connectivity index (χ2v) is 0. The molecule has 0 bridgehead atoms. The zero-order valence-corrected chi connectivity index (χ0v) is 26.6. The standard InChI is InChI=1S/2Bi.2Ca.2Cu.5O.2Sr.8H/q2*+3;4*+2;5*-2;2*+2;8*-1. The summed E-state index contributed by atoms with van der Waals surface area (Å²) in [6, 6.07) is 0. The fourth-order valence-corrected chi connectivity index (χ4v) is 0. The minimum atomic E-state index is 0. The third kappa shape index (κ3) is 100. The molecule has 5 nitrogen and oxygen atoms in total. The first-order valence-corrected chi connectivity index (χ1v) is 0. The summed E-state index contributed by atoms with van der Waals surface area (Å²) >= 11 is 0. The Hall–Kier alpha value is 8.09. The Balaban J connectivity index is 0. The van der Waals surface area contributed by atoms with Gasteiger partial charge in [-0.25, -0.2) is 0 Å². The predicted octanol–water partition coefficient (Wildman–Crippen LogP) is -1.98. The Bertz CT molecular complexity index is 48.6. The van der Waals surface area contributed by atoms with E-state index in [1.807, 2.05) is 0 Å².